The van der Waals surface area contributed by atoms with Crippen molar-refractivity contribution in [2.45, 2.75) is 18.8 Å². The van der Waals surface area contributed by atoms with E-state index in [1.165, 1.54) is 0 Å². The van der Waals surface area contributed by atoms with Gasteiger partial charge in [0, 0.05) is 68.6 Å². The molecule has 0 N–H and O–H groups in total. The maximum Gasteiger partial charge on any atom is 0.165 e. The van der Waals surface area contributed by atoms with Crippen LogP contribution < -0.4 is 0 Å². The van der Waals surface area contributed by atoms with E-state index in [4.69, 9.17) is 4.74 Å². The zero-order valence-corrected chi connectivity index (χ0v) is 15.3. The molecule has 0 unspecified atom stereocenters. The van der Waals surface area contributed by atoms with Gasteiger partial charge in [0.15, 0.2) is 23.3 Å². The summed E-state index contributed by atoms with van der Waals surface area (Å²) in [7, 11) is 2.00. The third kappa shape index (κ3) is 3.40. The van der Waals surface area contributed by atoms with Crippen LogP contribution in [0.1, 0.15) is 24.3 Å². The highest BCUT2D eigenvalue weighted by Crippen LogP contribution is 2.42. The van der Waals surface area contributed by atoms with Crippen LogP contribution in [0.15, 0.2) is 17.5 Å². The van der Waals surface area contributed by atoms with Gasteiger partial charge in [0.05, 0.1) is 19.9 Å². The van der Waals surface area contributed by atoms with Crippen molar-refractivity contribution < 1.29 is 22.3 Å². The van der Waals surface area contributed by atoms with Crippen LogP contribution >= 0.6 is 0 Å². The number of nitrogens with zero attached hydrogens (tertiary/aromatic N) is 3. The Kier molecular flexibility index (Phi) is 5.03. The molecule has 2 fully saturated rings. The number of rotatable bonds is 4. The van der Waals surface area contributed by atoms with Gasteiger partial charge in [-0.2, -0.15) is 0 Å². The van der Waals surface area contributed by atoms with Crippen LogP contribution in [0.25, 0.3) is 0 Å². The van der Waals surface area contributed by atoms with Gasteiger partial charge in [-0.05, 0) is 6.42 Å². The molecule has 0 aromatic heterocycles. The van der Waals surface area contributed by atoms with Crippen LogP contribution in [0.2, 0.25) is 0 Å². The lowest BCUT2D eigenvalue weighted by Crippen LogP contribution is -2.37. The number of halogens is 4. The summed E-state index contributed by atoms with van der Waals surface area (Å²) < 4.78 is 60.9. The molecule has 0 aliphatic carbocycles. The molecular weight excluding hydrogens is 362 g/mol. The van der Waals surface area contributed by atoms with Crippen molar-refractivity contribution in [2.75, 3.05) is 53.1 Å². The highest BCUT2D eigenvalue weighted by Gasteiger charge is 2.39. The molecule has 8 heteroatoms. The lowest BCUT2D eigenvalue weighted by molar-refractivity contribution is 0.0378. The first-order valence-electron chi connectivity index (χ1n) is 9.26. The average molecular weight is 385 g/mol. The number of morpholine rings is 1. The summed E-state index contributed by atoms with van der Waals surface area (Å²) in [6.45, 7) is 5.15. The van der Waals surface area contributed by atoms with Gasteiger partial charge in [-0.15, -0.1) is 0 Å². The fourth-order valence-corrected chi connectivity index (χ4v) is 4.38. The van der Waals surface area contributed by atoms with E-state index in [1.807, 2.05) is 7.05 Å². The second kappa shape index (κ2) is 7.31. The minimum Gasteiger partial charge on any atom is -0.379 e. The summed E-state index contributed by atoms with van der Waals surface area (Å²) in [5.41, 5.74) is 1.70. The fourth-order valence-electron chi connectivity index (χ4n) is 4.38. The van der Waals surface area contributed by atoms with Crippen molar-refractivity contribution in [3.63, 3.8) is 0 Å². The Hall–Kier alpha value is -1.80. The van der Waals surface area contributed by atoms with Crippen molar-refractivity contribution in [2.24, 2.45) is 0 Å². The van der Waals surface area contributed by atoms with E-state index in [0.29, 0.717) is 19.6 Å². The van der Waals surface area contributed by atoms with E-state index in [-0.39, 0.29) is 6.07 Å². The SMILES string of the molecule is CN1CN2C[C@@H](c3c(F)c(F)cc(F)c3F)CC2=C1CCN1CCOCC1. The molecule has 3 aliphatic heterocycles. The van der Waals surface area contributed by atoms with Crippen LogP contribution in [-0.4, -0.2) is 67.8 Å². The molecule has 27 heavy (non-hydrogen) atoms. The molecule has 1 aromatic rings. The fraction of sp³-hybridized carbons (Fsp3) is 0.579. The van der Waals surface area contributed by atoms with E-state index in [1.54, 1.807) is 0 Å². The van der Waals surface area contributed by atoms with Gasteiger partial charge in [0.25, 0.3) is 0 Å². The predicted octanol–water partition coefficient (Wildman–Crippen LogP) is 2.87. The van der Waals surface area contributed by atoms with Crippen LogP contribution in [0, 0.1) is 23.3 Å². The molecule has 0 spiro atoms. The molecule has 0 saturated carbocycles. The minimum absolute atomic E-state index is 0.269. The molecule has 4 rings (SSSR count). The molecule has 3 aliphatic rings. The molecule has 1 aromatic carbocycles. The van der Waals surface area contributed by atoms with E-state index >= 15 is 0 Å². The number of allylic oxidation sites excluding steroid dienone is 1. The molecular formula is C19H23F4N3O. The summed E-state index contributed by atoms with van der Waals surface area (Å²) in [4.78, 5) is 6.53. The first-order valence-corrected chi connectivity index (χ1v) is 9.26. The Morgan fingerprint density at radius 1 is 1.07 bits per heavy atom. The van der Waals surface area contributed by atoms with Crippen molar-refractivity contribution in [3.8, 4) is 0 Å². The Balaban J connectivity index is 1.54. The summed E-state index contributed by atoms with van der Waals surface area (Å²) in [5.74, 6) is -5.81. The maximum atomic E-state index is 14.2. The van der Waals surface area contributed by atoms with Crippen molar-refractivity contribution in [3.05, 3.63) is 46.3 Å². The first kappa shape index (κ1) is 18.6. The molecule has 4 nitrogen and oxygen atoms in total. The van der Waals surface area contributed by atoms with Crippen molar-refractivity contribution in [1.29, 1.82) is 0 Å². The monoisotopic (exact) mass is 385 g/mol. The highest BCUT2D eigenvalue weighted by molar-refractivity contribution is 5.33. The number of hydrogen-bond acceptors (Lipinski definition) is 4. The highest BCUT2D eigenvalue weighted by atomic mass is 19.2. The van der Waals surface area contributed by atoms with Crippen LogP contribution in [0.4, 0.5) is 17.6 Å². The predicted molar refractivity (Wildman–Crippen MR) is 91.9 cm³/mol. The first-order chi connectivity index (χ1) is 13.0. The van der Waals surface area contributed by atoms with E-state index in [9.17, 15) is 17.6 Å². The van der Waals surface area contributed by atoms with Gasteiger partial charge < -0.3 is 14.5 Å². The Morgan fingerprint density at radius 3 is 2.41 bits per heavy atom. The normalized spacial score (nSPS) is 23.5. The van der Waals surface area contributed by atoms with Gasteiger partial charge in [-0.25, -0.2) is 17.6 Å². The zero-order chi connectivity index (χ0) is 19.1. The summed E-state index contributed by atoms with van der Waals surface area (Å²) in [6, 6.07) is 0.269. The summed E-state index contributed by atoms with van der Waals surface area (Å²) in [6.07, 6.45) is 1.22. The van der Waals surface area contributed by atoms with Gasteiger partial charge in [0.2, 0.25) is 0 Å². The quantitative estimate of drug-likeness (QED) is 0.586. The number of fused-ring (bicyclic) bond motifs is 1. The number of ether oxygens (including phenoxy) is 1. The number of hydrogen-bond donors (Lipinski definition) is 0. The Morgan fingerprint density at radius 2 is 1.74 bits per heavy atom. The summed E-state index contributed by atoms with van der Waals surface area (Å²) >= 11 is 0. The second-order valence-corrected chi connectivity index (χ2v) is 7.44. The number of benzene rings is 1. The lowest BCUT2D eigenvalue weighted by atomic mass is 9.95. The van der Waals surface area contributed by atoms with Crippen LogP contribution in [0.3, 0.4) is 0 Å². The average Bonchev–Trinajstić information content (AvgIpc) is 3.16. The molecule has 0 bridgehead atoms. The maximum absolute atomic E-state index is 14.2. The summed E-state index contributed by atoms with van der Waals surface area (Å²) in [5, 5.41) is 0. The largest absolute Gasteiger partial charge is 0.379 e. The van der Waals surface area contributed by atoms with Gasteiger partial charge in [-0.1, -0.05) is 0 Å². The standard InChI is InChI=1S/C19H23F4N3O/c1-24-11-26-10-12(17-18(22)13(20)9-14(21)19(17)23)8-16(26)15(24)2-3-25-4-6-27-7-5-25/h9,12H,2-8,10-11H2,1H3/t12-/m0/s1. The zero-order valence-electron chi connectivity index (χ0n) is 15.3. The Labute approximate surface area is 156 Å². The van der Waals surface area contributed by atoms with E-state index in [2.05, 4.69) is 14.7 Å². The lowest BCUT2D eigenvalue weighted by Gasteiger charge is -2.27. The van der Waals surface area contributed by atoms with E-state index < -0.39 is 34.8 Å². The van der Waals surface area contributed by atoms with Crippen LogP contribution in [-0.2, 0) is 4.74 Å². The third-order valence-electron chi connectivity index (χ3n) is 5.76. The van der Waals surface area contributed by atoms with Gasteiger partial charge in [-0.3, -0.25) is 4.90 Å². The molecule has 1 atom stereocenters. The molecule has 148 valence electrons. The van der Waals surface area contributed by atoms with Gasteiger partial charge in [0.1, 0.15) is 0 Å². The Bertz CT molecular complexity index is 738. The van der Waals surface area contributed by atoms with Crippen LogP contribution in [0.5, 0.6) is 0 Å². The molecule has 3 heterocycles. The third-order valence-corrected chi connectivity index (χ3v) is 5.76. The molecule has 2 saturated heterocycles. The van der Waals surface area contributed by atoms with Gasteiger partial charge >= 0.3 is 0 Å². The molecule has 0 amide bonds. The topological polar surface area (TPSA) is 19.0 Å². The van der Waals surface area contributed by atoms with Crippen molar-refractivity contribution >= 4 is 0 Å². The molecule has 0 radical (unpaired) electrons. The smallest absolute Gasteiger partial charge is 0.165 e. The second-order valence-electron chi connectivity index (χ2n) is 7.44. The van der Waals surface area contributed by atoms with E-state index in [0.717, 1.165) is 50.7 Å². The minimum atomic E-state index is -1.34. The van der Waals surface area contributed by atoms with Crippen molar-refractivity contribution in [1.82, 2.24) is 14.7 Å².